The molecule has 0 aromatic heterocycles. The number of quaternary nitrogens is 1. The lowest BCUT2D eigenvalue weighted by Gasteiger charge is -2.28. The van der Waals surface area contributed by atoms with Crippen LogP contribution < -0.4 is 9.62 Å². The van der Waals surface area contributed by atoms with Crippen LogP contribution in [0.25, 0.3) is 0 Å². The molecule has 8 heteroatoms. The van der Waals surface area contributed by atoms with Crippen LogP contribution in [0.1, 0.15) is 17.2 Å². The van der Waals surface area contributed by atoms with Gasteiger partial charge in [-0.25, -0.2) is 17.2 Å². The maximum absolute atomic E-state index is 14.0. The average Bonchev–Trinajstić information content (AvgIpc) is 2.62. The van der Waals surface area contributed by atoms with Gasteiger partial charge in [-0.2, -0.15) is 4.72 Å². The molecule has 0 unspecified atom stereocenters. The number of halogens is 2. The van der Waals surface area contributed by atoms with E-state index in [1.165, 1.54) is 4.90 Å². The number of benzene rings is 2. The Morgan fingerprint density at radius 3 is 2.41 bits per heavy atom. The molecule has 1 aliphatic rings. The molecule has 0 bridgehead atoms. The molecule has 1 atom stereocenters. The van der Waals surface area contributed by atoms with E-state index in [1.807, 2.05) is 31.2 Å². The minimum Gasteiger partial charge on any atom is -0.370 e. The van der Waals surface area contributed by atoms with Gasteiger partial charge < -0.3 is 9.64 Å². The topological polar surface area (TPSA) is 59.8 Å². The molecule has 1 heterocycles. The maximum atomic E-state index is 14.0. The molecule has 1 aliphatic heterocycles. The fourth-order valence-electron chi connectivity index (χ4n) is 3.12. The summed E-state index contributed by atoms with van der Waals surface area (Å²) in [6, 6.07) is 9.46. The first-order valence-electron chi connectivity index (χ1n) is 8.80. The van der Waals surface area contributed by atoms with Crippen molar-refractivity contribution >= 4 is 10.0 Å². The lowest BCUT2D eigenvalue weighted by atomic mass is 10.1. The highest BCUT2D eigenvalue weighted by Gasteiger charge is 2.28. The molecule has 27 heavy (non-hydrogen) atoms. The fourth-order valence-corrected chi connectivity index (χ4v) is 4.41. The summed E-state index contributed by atoms with van der Waals surface area (Å²) < 4.78 is 60.6. The molecule has 0 spiro atoms. The van der Waals surface area contributed by atoms with Gasteiger partial charge >= 0.3 is 0 Å². The fraction of sp³-hybridized carbons (Fsp3) is 0.368. The van der Waals surface area contributed by atoms with Gasteiger partial charge in [-0.1, -0.05) is 29.8 Å². The van der Waals surface area contributed by atoms with Crippen LogP contribution in [0.2, 0.25) is 0 Å². The Morgan fingerprint density at radius 2 is 1.78 bits per heavy atom. The monoisotopic (exact) mass is 397 g/mol. The number of sulfonamides is 1. The number of nitrogens with one attached hydrogen (secondary N) is 2. The number of ether oxygens (including phenoxy) is 1. The van der Waals surface area contributed by atoms with Crippen LogP contribution in [0, 0.1) is 18.6 Å². The quantitative estimate of drug-likeness (QED) is 0.770. The largest absolute Gasteiger partial charge is 0.370 e. The van der Waals surface area contributed by atoms with Gasteiger partial charge in [0, 0.05) is 6.07 Å². The zero-order valence-corrected chi connectivity index (χ0v) is 15.9. The summed E-state index contributed by atoms with van der Waals surface area (Å²) in [5, 5.41) is 0. The van der Waals surface area contributed by atoms with E-state index >= 15 is 0 Å². The Balaban J connectivity index is 1.88. The normalized spacial score (nSPS) is 17.0. The van der Waals surface area contributed by atoms with Crippen LogP contribution in [0.4, 0.5) is 8.78 Å². The van der Waals surface area contributed by atoms with Crippen molar-refractivity contribution in [2.45, 2.75) is 17.9 Å². The van der Waals surface area contributed by atoms with Crippen LogP contribution in [-0.2, 0) is 14.8 Å². The van der Waals surface area contributed by atoms with E-state index in [4.69, 9.17) is 4.74 Å². The van der Waals surface area contributed by atoms with Crippen molar-refractivity contribution < 1.29 is 26.8 Å². The summed E-state index contributed by atoms with van der Waals surface area (Å²) in [6.07, 6.45) is 0. The second-order valence-electron chi connectivity index (χ2n) is 6.73. The summed E-state index contributed by atoms with van der Waals surface area (Å²) >= 11 is 0. The molecule has 1 fully saturated rings. The molecular weight excluding hydrogens is 374 g/mol. The third kappa shape index (κ3) is 5.10. The van der Waals surface area contributed by atoms with Crippen molar-refractivity contribution in [3.05, 3.63) is 65.2 Å². The van der Waals surface area contributed by atoms with Crippen molar-refractivity contribution in [3.63, 3.8) is 0 Å². The summed E-state index contributed by atoms with van der Waals surface area (Å²) in [7, 11) is -4.15. The molecule has 2 N–H and O–H groups in total. The van der Waals surface area contributed by atoms with Crippen molar-refractivity contribution in [2.24, 2.45) is 0 Å². The Labute approximate surface area is 158 Å². The third-order valence-corrected chi connectivity index (χ3v) is 6.16. The van der Waals surface area contributed by atoms with Gasteiger partial charge in [0.15, 0.2) is 0 Å². The summed E-state index contributed by atoms with van der Waals surface area (Å²) in [6.45, 7) is 5.24. The predicted molar refractivity (Wildman–Crippen MR) is 97.0 cm³/mol. The summed E-state index contributed by atoms with van der Waals surface area (Å²) in [5.74, 6) is -1.93. The predicted octanol–water partition coefficient (Wildman–Crippen LogP) is 1.21. The van der Waals surface area contributed by atoms with Gasteiger partial charge in [0.1, 0.15) is 29.6 Å². The molecule has 0 amide bonds. The molecule has 0 radical (unpaired) electrons. The Bertz CT molecular complexity index is 882. The number of rotatable bonds is 6. The molecule has 1 saturated heterocycles. The first-order valence-corrected chi connectivity index (χ1v) is 10.3. The first-order chi connectivity index (χ1) is 12.8. The smallest absolute Gasteiger partial charge is 0.244 e. The van der Waals surface area contributed by atoms with E-state index in [2.05, 4.69) is 4.72 Å². The SMILES string of the molecule is Cc1ccc([C@H](C[NH+]2CCOCC2)NS(=O)(=O)c2ccc(F)cc2F)cc1. The lowest BCUT2D eigenvalue weighted by Crippen LogP contribution is -3.14. The Hall–Kier alpha value is -1.87. The van der Waals surface area contributed by atoms with E-state index in [0.29, 0.717) is 25.8 Å². The van der Waals surface area contributed by atoms with Crippen LogP contribution in [0.15, 0.2) is 47.4 Å². The Kier molecular flexibility index (Phi) is 6.21. The highest BCUT2D eigenvalue weighted by atomic mass is 32.2. The molecule has 0 aliphatic carbocycles. The number of hydrogen-bond donors (Lipinski definition) is 2. The molecule has 5 nitrogen and oxygen atoms in total. The van der Waals surface area contributed by atoms with E-state index in [-0.39, 0.29) is 0 Å². The molecule has 2 aromatic carbocycles. The zero-order valence-electron chi connectivity index (χ0n) is 15.0. The van der Waals surface area contributed by atoms with Crippen LogP contribution >= 0.6 is 0 Å². The van der Waals surface area contributed by atoms with E-state index in [0.717, 1.165) is 36.3 Å². The summed E-state index contributed by atoms with van der Waals surface area (Å²) in [5.41, 5.74) is 1.86. The average molecular weight is 397 g/mol. The Morgan fingerprint density at radius 1 is 1.11 bits per heavy atom. The van der Waals surface area contributed by atoms with Gasteiger partial charge in [0.2, 0.25) is 10.0 Å². The molecule has 3 rings (SSSR count). The van der Waals surface area contributed by atoms with Crippen LogP contribution in [0.3, 0.4) is 0 Å². The zero-order chi connectivity index (χ0) is 19.4. The highest BCUT2D eigenvalue weighted by molar-refractivity contribution is 7.89. The van der Waals surface area contributed by atoms with E-state index in [1.54, 1.807) is 0 Å². The minimum atomic E-state index is -4.15. The van der Waals surface area contributed by atoms with Crippen molar-refractivity contribution in [1.29, 1.82) is 0 Å². The van der Waals surface area contributed by atoms with Crippen molar-refractivity contribution in [3.8, 4) is 0 Å². The minimum absolute atomic E-state index is 0.508. The molecule has 146 valence electrons. The third-order valence-electron chi connectivity index (χ3n) is 4.65. The molecular formula is C19H23F2N2O3S+. The van der Waals surface area contributed by atoms with Gasteiger partial charge in [-0.15, -0.1) is 0 Å². The van der Waals surface area contributed by atoms with Gasteiger partial charge in [0.25, 0.3) is 0 Å². The van der Waals surface area contributed by atoms with E-state index in [9.17, 15) is 17.2 Å². The first kappa shape index (κ1) is 19.9. The number of hydrogen-bond acceptors (Lipinski definition) is 3. The van der Waals surface area contributed by atoms with Crippen LogP contribution in [0.5, 0.6) is 0 Å². The number of morpholine rings is 1. The van der Waals surface area contributed by atoms with Gasteiger partial charge in [-0.3, -0.25) is 0 Å². The molecule has 2 aromatic rings. The van der Waals surface area contributed by atoms with Crippen LogP contribution in [-0.4, -0.2) is 41.3 Å². The maximum Gasteiger partial charge on any atom is 0.244 e. The van der Waals surface area contributed by atoms with Gasteiger partial charge in [-0.05, 0) is 24.6 Å². The van der Waals surface area contributed by atoms with Crippen molar-refractivity contribution in [1.82, 2.24) is 4.72 Å². The number of aryl methyl sites for hydroxylation is 1. The van der Waals surface area contributed by atoms with Crippen molar-refractivity contribution in [2.75, 3.05) is 32.8 Å². The second kappa shape index (κ2) is 8.43. The van der Waals surface area contributed by atoms with Gasteiger partial charge in [0.05, 0.1) is 25.8 Å². The second-order valence-corrected chi connectivity index (χ2v) is 8.41. The standard InChI is InChI=1S/C19H22F2N2O3S/c1-14-2-4-15(5-3-14)18(13-23-8-10-26-11-9-23)22-27(24,25)19-7-6-16(20)12-17(19)21/h2-7,12,18,22H,8-11,13H2,1H3/p+1/t18-/m0/s1. The van der Waals surface area contributed by atoms with E-state index < -0.39 is 32.6 Å². The summed E-state index contributed by atoms with van der Waals surface area (Å²) in [4.78, 5) is 0.645. The highest BCUT2D eigenvalue weighted by Crippen LogP contribution is 2.20. The lowest BCUT2D eigenvalue weighted by molar-refractivity contribution is -0.909. The molecule has 0 saturated carbocycles.